The highest BCUT2D eigenvalue weighted by Gasteiger charge is 2.20. The molecule has 0 aromatic heterocycles. The number of benzene rings is 2. The monoisotopic (exact) mass is 362 g/mol. The summed E-state index contributed by atoms with van der Waals surface area (Å²) >= 11 is 6.05. The van der Waals surface area contributed by atoms with E-state index in [4.69, 9.17) is 16.3 Å². The standard InChI is InChI=1S/C18H19ClN2O4/c1-12-7-8-16(19)17(9-12)25-11-18(22)20(3)13(2)14-5-4-6-15(10-14)21(23)24/h4-10,13H,11H2,1-3H3/t13-/m0/s1. The van der Waals surface area contributed by atoms with Crippen molar-refractivity contribution in [2.45, 2.75) is 19.9 Å². The number of nitrogens with zero attached hydrogens (tertiary/aromatic N) is 2. The van der Waals surface area contributed by atoms with Gasteiger partial charge in [-0.3, -0.25) is 14.9 Å². The molecule has 132 valence electrons. The minimum Gasteiger partial charge on any atom is -0.482 e. The summed E-state index contributed by atoms with van der Waals surface area (Å²) in [5, 5.41) is 11.3. The van der Waals surface area contributed by atoms with E-state index >= 15 is 0 Å². The van der Waals surface area contributed by atoms with Gasteiger partial charge in [0, 0.05) is 19.2 Å². The second-order valence-corrected chi connectivity index (χ2v) is 6.16. The third-order valence-electron chi connectivity index (χ3n) is 3.98. The van der Waals surface area contributed by atoms with Gasteiger partial charge in [0.05, 0.1) is 16.0 Å². The molecule has 25 heavy (non-hydrogen) atoms. The zero-order valence-corrected chi connectivity index (χ0v) is 15.0. The zero-order chi connectivity index (χ0) is 18.6. The quantitative estimate of drug-likeness (QED) is 0.571. The van der Waals surface area contributed by atoms with Crippen molar-refractivity contribution in [2.24, 2.45) is 0 Å². The Hall–Kier alpha value is -2.60. The summed E-state index contributed by atoms with van der Waals surface area (Å²) in [6.45, 7) is 3.54. The SMILES string of the molecule is Cc1ccc(Cl)c(OCC(=O)N(C)[C@@H](C)c2cccc([N+](=O)[O-])c2)c1. The number of nitro groups is 1. The molecule has 0 aliphatic carbocycles. The Labute approximate surface area is 151 Å². The number of halogens is 1. The van der Waals surface area contributed by atoms with Crippen LogP contribution in [-0.2, 0) is 4.79 Å². The largest absolute Gasteiger partial charge is 0.482 e. The third-order valence-corrected chi connectivity index (χ3v) is 4.29. The number of ether oxygens (including phenoxy) is 1. The number of nitro benzene ring substituents is 1. The van der Waals surface area contributed by atoms with Crippen LogP contribution in [0.2, 0.25) is 5.02 Å². The molecule has 0 aliphatic heterocycles. The predicted molar refractivity (Wildman–Crippen MR) is 96.0 cm³/mol. The molecule has 2 aromatic carbocycles. The summed E-state index contributed by atoms with van der Waals surface area (Å²) < 4.78 is 5.52. The Balaban J connectivity index is 2.05. The van der Waals surface area contributed by atoms with Crippen LogP contribution in [0.1, 0.15) is 24.1 Å². The van der Waals surface area contributed by atoms with Gasteiger partial charge in [0.25, 0.3) is 11.6 Å². The van der Waals surface area contributed by atoms with E-state index in [1.165, 1.54) is 17.0 Å². The molecule has 2 aromatic rings. The van der Waals surface area contributed by atoms with Crippen LogP contribution in [-0.4, -0.2) is 29.4 Å². The lowest BCUT2D eigenvalue weighted by Crippen LogP contribution is -2.33. The van der Waals surface area contributed by atoms with Crippen LogP contribution in [0.3, 0.4) is 0 Å². The smallest absolute Gasteiger partial charge is 0.269 e. The Morgan fingerprint density at radius 3 is 2.72 bits per heavy atom. The summed E-state index contributed by atoms with van der Waals surface area (Å²) in [4.78, 5) is 24.3. The van der Waals surface area contributed by atoms with Crippen molar-refractivity contribution in [3.8, 4) is 5.75 Å². The molecule has 0 N–H and O–H groups in total. The van der Waals surface area contributed by atoms with E-state index in [9.17, 15) is 14.9 Å². The molecule has 0 saturated heterocycles. The average molecular weight is 363 g/mol. The first-order valence-electron chi connectivity index (χ1n) is 7.68. The van der Waals surface area contributed by atoms with Gasteiger partial charge in [0.1, 0.15) is 5.75 Å². The summed E-state index contributed by atoms with van der Waals surface area (Å²) in [5.41, 5.74) is 1.65. The van der Waals surface area contributed by atoms with Gasteiger partial charge in [-0.05, 0) is 37.1 Å². The van der Waals surface area contributed by atoms with Crippen molar-refractivity contribution in [1.82, 2.24) is 4.90 Å². The fraction of sp³-hybridized carbons (Fsp3) is 0.278. The lowest BCUT2D eigenvalue weighted by molar-refractivity contribution is -0.384. The van der Waals surface area contributed by atoms with E-state index in [1.54, 1.807) is 38.2 Å². The van der Waals surface area contributed by atoms with Crippen molar-refractivity contribution in [3.05, 3.63) is 68.7 Å². The maximum Gasteiger partial charge on any atom is 0.269 e. The molecule has 0 saturated carbocycles. The number of non-ortho nitro benzene ring substituents is 1. The molecule has 0 heterocycles. The molecule has 6 nitrogen and oxygen atoms in total. The molecule has 2 rings (SSSR count). The third kappa shape index (κ3) is 4.70. The molecule has 1 atom stereocenters. The number of hydrogen-bond donors (Lipinski definition) is 0. The summed E-state index contributed by atoms with van der Waals surface area (Å²) in [7, 11) is 1.63. The van der Waals surface area contributed by atoms with Crippen LogP contribution in [0.4, 0.5) is 5.69 Å². The molecule has 1 amide bonds. The highest BCUT2D eigenvalue weighted by molar-refractivity contribution is 6.32. The first kappa shape index (κ1) is 18.7. The first-order chi connectivity index (χ1) is 11.8. The molecule has 0 aliphatic rings. The van der Waals surface area contributed by atoms with Gasteiger partial charge in [-0.2, -0.15) is 0 Å². The van der Waals surface area contributed by atoms with Gasteiger partial charge >= 0.3 is 0 Å². The lowest BCUT2D eigenvalue weighted by Gasteiger charge is -2.25. The summed E-state index contributed by atoms with van der Waals surface area (Å²) in [6, 6.07) is 11.2. The fourth-order valence-corrected chi connectivity index (χ4v) is 2.47. The maximum atomic E-state index is 12.4. The van der Waals surface area contributed by atoms with Crippen molar-refractivity contribution < 1.29 is 14.5 Å². The molecular weight excluding hydrogens is 344 g/mol. The molecular formula is C18H19ClN2O4. The van der Waals surface area contributed by atoms with E-state index < -0.39 is 4.92 Å². The predicted octanol–water partition coefficient (Wildman–Crippen LogP) is 4.16. The highest BCUT2D eigenvalue weighted by atomic mass is 35.5. The van der Waals surface area contributed by atoms with Crippen molar-refractivity contribution in [2.75, 3.05) is 13.7 Å². The zero-order valence-electron chi connectivity index (χ0n) is 14.2. The number of amides is 1. The van der Waals surface area contributed by atoms with Gasteiger partial charge in [-0.15, -0.1) is 0 Å². The van der Waals surface area contributed by atoms with Gasteiger partial charge in [0.2, 0.25) is 0 Å². The number of hydrogen-bond acceptors (Lipinski definition) is 4. The Bertz CT molecular complexity index is 794. The molecule has 0 spiro atoms. The van der Waals surface area contributed by atoms with Gasteiger partial charge in [0.15, 0.2) is 6.61 Å². The highest BCUT2D eigenvalue weighted by Crippen LogP contribution is 2.26. The van der Waals surface area contributed by atoms with Gasteiger partial charge < -0.3 is 9.64 Å². The fourth-order valence-electron chi connectivity index (χ4n) is 2.30. The average Bonchev–Trinajstić information content (AvgIpc) is 2.61. The Morgan fingerprint density at radius 1 is 1.32 bits per heavy atom. The maximum absolute atomic E-state index is 12.4. The minimum atomic E-state index is -0.457. The number of likely N-dealkylation sites (N-methyl/N-ethyl adjacent to an activating group) is 1. The van der Waals surface area contributed by atoms with Crippen LogP contribution in [0.15, 0.2) is 42.5 Å². The van der Waals surface area contributed by atoms with Crippen LogP contribution >= 0.6 is 11.6 Å². The summed E-state index contributed by atoms with van der Waals surface area (Å²) in [5.74, 6) is 0.197. The van der Waals surface area contributed by atoms with Crippen molar-refractivity contribution >= 4 is 23.2 Å². The summed E-state index contributed by atoms with van der Waals surface area (Å²) in [6.07, 6.45) is 0. The van der Waals surface area contributed by atoms with E-state index in [0.29, 0.717) is 16.3 Å². The molecule has 7 heteroatoms. The molecule has 0 unspecified atom stereocenters. The van der Waals surface area contributed by atoms with E-state index in [-0.39, 0.29) is 24.2 Å². The van der Waals surface area contributed by atoms with Crippen LogP contribution in [0, 0.1) is 17.0 Å². The van der Waals surface area contributed by atoms with Crippen LogP contribution in [0.25, 0.3) is 0 Å². The minimum absolute atomic E-state index is 0.00649. The van der Waals surface area contributed by atoms with E-state index in [1.807, 2.05) is 13.0 Å². The van der Waals surface area contributed by atoms with Gasteiger partial charge in [-0.1, -0.05) is 29.8 Å². The van der Waals surface area contributed by atoms with Gasteiger partial charge in [-0.25, -0.2) is 0 Å². The Morgan fingerprint density at radius 2 is 2.04 bits per heavy atom. The van der Waals surface area contributed by atoms with E-state index in [2.05, 4.69) is 0 Å². The lowest BCUT2D eigenvalue weighted by atomic mass is 10.1. The second kappa shape index (κ2) is 7.98. The number of carbonyl (C=O) groups excluding carboxylic acids is 1. The topological polar surface area (TPSA) is 72.7 Å². The number of rotatable bonds is 6. The number of carbonyl (C=O) groups is 1. The van der Waals surface area contributed by atoms with Crippen molar-refractivity contribution in [1.29, 1.82) is 0 Å². The second-order valence-electron chi connectivity index (χ2n) is 5.76. The van der Waals surface area contributed by atoms with Crippen LogP contribution < -0.4 is 4.74 Å². The first-order valence-corrected chi connectivity index (χ1v) is 8.06. The van der Waals surface area contributed by atoms with Crippen molar-refractivity contribution in [3.63, 3.8) is 0 Å². The molecule has 0 bridgehead atoms. The van der Waals surface area contributed by atoms with E-state index in [0.717, 1.165) is 5.56 Å². The van der Waals surface area contributed by atoms with Crippen LogP contribution in [0.5, 0.6) is 5.75 Å². The normalized spacial score (nSPS) is 11.7. The molecule has 0 radical (unpaired) electrons. The number of aryl methyl sites for hydroxylation is 1. The Kier molecular flexibility index (Phi) is 5.98. The molecule has 0 fully saturated rings.